The van der Waals surface area contributed by atoms with Crippen molar-refractivity contribution in [3.63, 3.8) is 0 Å². The molecule has 0 saturated carbocycles. The molecule has 1 aromatic rings. The molecule has 0 radical (unpaired) electrons. The third-order valence-corrected chi connectivity index (χ3v) is 2.99. The summed E-state index contributed by atoms with van der Waals surface area (Å²) in [6, 6.07) is 5.65. The van der Waals surface area contributed by atoms with E-state index >= 15 is 0 Å². The van der Waals surface area contributed by atoms with Crippen LogP contribution in [0.5, 0.6) is 0 Å². The van der Waals surface area contributed by atoms with Crippen molar-refractivity contribution in [1.82, 2.24) is 5.32 Å². The molecule has 0 aliphatic heterocycles. The van der Waals surface area contributed by atoms with Crippen LogP contribution < -0.4 is 10.6 Å². The van der Waals surface area contributed by atoms with E-state index in [1.807, 2.05) is 0 Å². The smallest absolute Gasteiger partial charge is 0.336 e. The van der Waals surface area contributed by atoms with E-state index in [0.717, 1.165) is 5.56 Å². The number of hydrogen-bond donors (Lipinski definition) is 2. The fraction of sp³-hybridized carbons (Fsp3) is 0.467. The summed E-state index contributed by atoms with van der Waals surface area (Å²) < 4.78 is 37.1. The Labute approximate surface area is 127 Å². The Morgan fingerprint density at radius 2 is 1.77 bits per heavy atom. The average molecular weight is 316 g/mol. The topological polar surface area (TPSA) is 58.2 Å². The van der Waals surface area contributed by atoms with E-state index in [2.05, 4.69) is 5.32 Å². The van der Waals surface area contributed by atoms with Crippen LogP contribution in [0.25, 0.3) is 0 Å². The fourth-order valence-electron chi connectivity index (χ4n) is 1.88. The zero-order chi connectivity index (χ0) is 16.9. The van der Waals surface area contributed by atoms with Crippen LogP contribution in [0.3, 0.4) is 0 Å². The molecule has 0 aliphatic carbocycles. The highest BCUT2D eigenvalue weighted by Gasteiger charge is 2.40. The normalized spacial score (nSPS) is 12.9. The number of amides is 2. The molecule has 2 N–H and O–H groups in total. The predicted molar refractivity (Wildman–Crippen MR) is 77.2 cm³/mol. The first-order chi connectivity index (χ1) is 10.1. The molecule has 0 unspecified atom stereocenters. The van der Waals surface area contributed by atoms with E-state index in [1.165, 1.54) is 0 Å². The van der Waals surface area contributed by atoms with Gasteiger partial charge in [-0.3, -0.25) is 9.59 Å². The molecule has 1 atom stereocenters. The molecule has 0 aliphatic rings. The highest BCUT2D eigenvalue weighted by Crippen LogP contribution is 2.18. The number of carbonyl (C=O) groups is 2. The SMILES string of the molecule is Cc1ccccc1NC(=O)[C@H](CC(C)C)NC(=O)C(F)(F)F. The van der Waals surface area contributed by atoms with Crippen LogP contribution in [0.2, 0.25) is 0 Å². The number of carbonyl (C=O) groups excluding carboxylic acids is 2. The van der Waals surface area contributed by atoms with Gasteiger partial charge in [0, 0.05) is 5.69 Å². The zero-order valence-corrected chi connectivity index (χ0v) is 12.6. The van der Waals surface area contributed by atoms with Crippen LogP contribution >= 0.6 is 0 Å². The van der Waals surface area contributed by atoms with E-state index in [9.17, 15) is 22.8 Å². The molecule has 0 bridgehead atoms. The van der Waals surface area contributed by atoms with E-state index in [4.69, 9.17) is 0 Å². The lowest BCUT2D eigenvalue weighted by atomic mass is 10.0. The highest BCUT2D eigenvalue weighted by atomic mass is 19.4. The maximum atomic E-state index is 12.4. The minimum absolute atomic E-state index is 0.0545. The maximum absolute atomic E-state index is 12.4. The average Bonchev–Trinajstić information content (AvgIpc) is 2.38. The molecular weight excluding hydrogens is 297 g/mol. The van der Waals surface area contributed by atoms with Crippen molar-refractivity contribution in [3.8, 4) is 0 Å². The summed E-state index contributed by atoms with van der Waals surface area (Å²) in [5.74, 6) is -2.83. The number of benzene rings is 1. The Bertz CT molecular complexity index is 542. The van der Waals surface area contributed by atoms with Gasteiger partial charge >= 0.3 is 12.1 Å². The van der Waals surface area contributed by atoms with Crippen LogP contribution in [-0.2, 0) is 9.59 Å². The Morgan fingerprint density at radius 1 is 1.18 bits per heavy atom. The summed E-state index contributed by atoms with van der Waals surface area (Å²) >= 11 is 0. The Hall–Kier alpha value is -2.05. The Morgan fingerprint density at radius 3 is 2.27 bits per heavy atom. The lowest BCUT2D eigenvalue weighted by Gasteiger charge is -2.21. The van der Waals surface area contributed by atoms with Gasteiger partial charge in [0.2, 0.25) is 5.91 Å². The van der Waals surface area contributed by atoms with Gasteiger partial charge in [-0.05, 0) is 30.9 Å². The number of anilines is 1. The van der Waals surface area contributed by atoms with Crippen molar-refractivity contribution in [3.05, 3.63) is 29.8 Å². The molecule has 122 valence electrons. The van der Waals surface area contributed by atoms with E-state index in [1.54, 1.807) is 50.4 Å². The van der Waals surface area contributed by atoms with Crippen molar-refractivity contribution in [2.45, 2.75) is 39.4 Å². The number of alkyl halides is 3. The van der Waals surface area contributed by atoms with Gasteiger partial charge < -0.3 is 10.6 Å². The predicted octanol–water partition coefficient (Wildman–Crippen LogP) is 3.03. The Kier molecular flexibility index (Phi) is 5.96. The maximum Gasteiger partial charge on any atom is 0.471 e. The number of nitrogens with one attached hydrogen (secondary N) is 2. The van der Waals surface area contributed by atoms with Crippen LogP contribution in [0, 0.1) is 12.8 Å². The summed E-state index contributed by atoms with van der Waals surface area (Å²) in [6.07, 6.45) is -4.91. The third kappa shape index (κ3) is 5.38. The molecule has 7 heteroatoms. The number of rotatable bonds is 5. The molecule has 1 aromatic carbocycles. The largest absolute Gasteiger partial charge is 0.471 e. The lowest BCUT2D eigenvalue weighted by molar-refractivity contribution is -0.174. The van der Waals surface area contributed by atoms with Gasteiger partial charge in [0.15, 0.2) is 0 Å². The van der Waals surface area contributed by atoms with E-state index in [-0.39, 0.29) is 12.3 Å². The molecule has 0 fully saturated rings. The van der Waals surface area contributed by atoms with Crippen molar-refractivity contribution < 1.29 is 22.8 Å². The van der Waals surface area contributed by atoms with Gasteiger partial charge in [-0.15, -0.1) is 0 Å². The van der Waals surface area contributed by atoms with Crippen molar-refractivity contribution in [2.75, 3.05) is 5.32 Å². The van der Waals surface area contributed by atoms with Gasteiger partial charge in [0.25, 0.3) is 0 Å². The van der Waals surface area contributed by atoms with Crippen LogP contribution in [0.1, 0.15) is 25.8 Å². The second-order valence-electron chi connectivity index (χ2n) is 5.46. The summed E-state index contributed by atoms with van der Waals surface area (Å²) in [4.78, 5) is 23.2. The molecule has 1 rings (SSSR count). The summed E-state index contributed by atoms with van der Waals surface area (Å²) in [7, 11) is 0. The number of para-hydroxylation sites is 1. The second-order valence-corrected chi connectivity index (χ2v) is 5.46. The number of aryl methyl sites for hydroxylation is 1. The summed E-state index contributed by atoms with van der Waals surface area (Å²) in [5, 5.41) is 4.30. The molecular formula is C15H19F3N2O2. The summed E-state index contributed by atoms with van der Waals surface area (Å²) in [5.41, 5.74) is 1.28. The molecule has 0 heterocycles. The molecule has 22 heavy (non-hydrogen) atoms. The van der Waals surface area contributed by atoms with E-state index < -0.39 is 24.0 Å². The first kappa shape index (κ1) is 18.0. The Balaban J connectivity index is 2.85. The molecule has 0 saturated heterocycles. The molecule has 2 amide bonds. The third-order valence-electron chi connectivity index (χ3n) is 2.99. The van der Waals surface area contributed by atoms with Gasteiger partial charge in [-0.1, -0.05) is 32.0 Å². The fourth-order valence-corrected chi connectivity index (χ4v) is 1.88. The van der Waals surface area contributed by atoms with Crippen LogP contribution in [0.4, 0.5) is 18.9 Å². The molecule has 0 aromatic heterocycles. The van der Waals surface area contributed by atoms with E-state index in [0.29, 0.717) is 5.69 Å². The van der Waals surface area contributed by atoms with Crippen molar-refractivity contribution >= 4 is 17.5 Å². The van der Waals surface area contributed by atoms with Crippen molar-refractivity contribution in [1.29, 1.82) is 0 Å². The van der Waals surface area contributed by atoms with Gasteiger partial charge in [-0.25, -0.2) is 0 Å². The number of hydrogen-bond acceptors (Lipinski definition) is 2. The second kappa shape index (κ2) is 7.29. The minimum Gasteiger partial charge on any atom is -0.336 e. The van der Waals surface area contributed by atoms with Crippen LogP contribution in [0.15, 0.2) is 24.3 Å². The first-order valence-corrected chi connectivity index (χ1v) is 6.85. The highest BCUT2D eigenvalue weighted by molar-refractivity contribution is 5.98. The van der Waals surface area contributed by atoms with Gasteiger partial charge in [0.05, 0.1) is 0 Å². The standard InChI is InChI=1S/C15H19F3N2O2/c1-9(2)8-12(20-14(22)15(16,17)18)13(21)19-11-7-5-4-6-10(11)3/h4-7,9,12H,8H2,1-3H3,(H,19,21)(H,20,22)/t12-/m0/s1. The number of halogens is 3. The summed E-state index contributed by atoms with van der Waals surface area (Å²) in [6.45, 7) is 5.28. The molecule has 0 spiro atoms. The molecule has 4 nitrogen and oxygen atoms in total. The van der Waals surface area contributed by atoms with Gasteiger partial charge in [-0.2, -0.15) is 13.2 Å². The quantitative estimate of drug-likeness (QED) is 0.877. The lowest BCUT2D eigenvalue weighted by Crippen LogP contribution is -2.49. The van der Waals surface area contributed by atoms with Crippen LogP contribution in [-0.4, -0.2) is 24.0 Å². The van der Waals surface area contributed by atoms with Crippen molar-refractivity contribution in [2.24, 2.45) is 5.92 Å². The van der Waals surface area contributed by atoms with Gasteiger partial charge in [0.1, 0.15) is 6.04 Å². The zero-order valence-electron chi connectivity index (χ0n) is 12.6. The monoisotopic (exact) mass is 316 g/mol. The minimum atomic E-state index is -5.02. The first-order valence-electron chi connectivity index (χ1n) is 6.85.